The van der Waals surface area contributed by atoms with E-state index in [0.717, 1.165) is 19.3 Å². The van der Waals surface area contributed by atoms with E-state index in [1.807, 2.05) is 24.3 Å². The lowest BCUT2D eigenvalue weighted by Crippen LogP contribution is -2.39. The van der Waals surface area contributed by atoms with E-state index in [1.54, 1.807) is 23.1 Å². The maximum absolute atomic E-state index is 15.1. The summed E-state index contributed by atoms with van der Waals surface area (Å²) in [5.74, 6) is -0.433. The lowest BCUT2D eigenvalue weighted by Gasteiger charge is -2.25. The third-order valence-electron chi connectivity index (χ3n) is 6.57. The Bertz CT molecular complexity index is 1590. The van der Waals surface area contributed by atoms with Crippen molar-refractivity contribution in [3.05, 3.63) is 90.2 Å². The van der Waals surface area contributed by atoms with Crippen molar-refractivity contribution in [1.82, 2.24) is 19.9 Å². The Kier molecular flexibility index (Phi) is 7.32. The molecule has 0 radical (unpaired) electrons. The molecule has 1 unspecified atom stereocenters. The first-order chi connectivity index (χ1) is 18.9. The SMILES string of the molecule is C=C(C#N)C(=O)N1CCCCC(Nc2ncnc3[nH]cc(C(=O)c4ccc(Oc5ccccc5)cc4F)c23)C1. The van der Waals surface area contributed by atoms with Gasteiger partial charge in [-0.2, -0.15) is 5.26 Å². The standard InChI is InChI=1S/C29H25FN6O3/c1-18(14-31)29(38)36-12-6-5-7-19(16-36)35-28-25-23(15-32-27(25)33-17-34-28)26(37)22-11-10-21(13-24(22)30)39-20-8-3-2-4-9-20/h2-4,8-11,13,15,17,19H,1,5-7,12,16H2,(H2,32,33,34,35). The van der Waals surface area contributed by atoms with Crippen molar-refractivity contribution in [3.8, 4) is 17.6 Å². The minimum absolute atomic E-state index is 0.110. The molecule has 2 aromatic carbocycles. The van der Waals surface area contributed by atoms with Crippen LogP contribution < -0.4 is 10.1 Å². The zero-order valence-corrected chi connectivity index (χ0v) is 21.0. The number of nitriles is 1. The van der Waals surface area contributed by atoms with Crippen molar-refractivity contribution < 1.29 is 18.7 Å². The van der Waals surface area contributed by atoms with E-state index in [4.69, 9.17) is 10.00 Å². The number of aromatic amines is 1. The summed E-state index contributed by atoms with van der Waals surface area (Å²) in [6.45, 7) is 4.41. The molecule has 1 atom stereocenters. The Labute approximate surface area is 223 Å². The number of benzene rings is 2. The molecule has 0 aliphatic carbocycles. The molecule has 1 aliphatic heterocycles. The van der Waals surface area contributed by atoms with E-state index in [-0.39, 0.29) is 28.5 Å². The average Bonchev–Trinajstić information content (AvgIpc) is 3.26. The molecule has 2 aromatic heterocycles. The summed E-state index contributed by atoms with van der Waals surface area (Å²) < 4.78 is 20.8. The molecule has 196 valence electrons. The van der Waals surface area contributed by atoms with Crippen LogP contribution in [0.3, 0.4) is 0 Å². The second kappa shape index (κ2) is 11.1. The van der Waals surface area contributed by atoms with Crippen LogP contribution in [0.5, 0.6) is 11.5 Å². The maximum Gasteiger partial charge on any atom is 0.263 e. The van der Waals surface area contributed by atoms with Gasteiger partial charge < -0.3 is 19.9 Å². The van der Waals surface area contributed by atoms with Crippen LogP contribution in [-0.4, -0.2) is 50.7 Å². The van der Waals surface area contributed by atoms with Crippen LogP contribution in [0.25, 0.3) is 11.0 Å². The van der Waals surface area contributed by atoms with Gasteiger partial charge in [0.25, 0.3) is 5.91 Å². The number of halogens is 1. The molecule has 5 rings (SSSR count). The normalized spacial score (nSPS) is 15.3. The molecule has 2 N–H and O–H groups in total. The van der Waals surface area contributed by atoms with Crippen molar-refractivity contribution in [2.24, 2.45) is 0 Å². The van der Waals surface area contributed by atoms with Gasteiger partial charge in [-0.25, -0.2) is 14.4 Å². The highest BCUT2D eigenvalue weighted by Gasteiger charge is 2.26. The van der Waals surface area contributed by atoms with E-state index in [1.165, 1.54) is 24.7 Å². The zero-order valence-electron chi connectivity index (χ0n) is 21.0. The van der Waals surface area contributed by atoms with Gasteiger partial charge in [0.05, 0.1) is 16.5 Å². The number of ketones is 1. The van der Waals surface area contributed by atoms with E-state index < -0.39 is 17.5 Å². The molecule has 3 heterocycles. The predicted molar refractivity (Wildman–Crippen MR) is 143 cm³/mol. The van der Waals surface area contributed by atoms with Gasteiger partial charge in [-0.05, 0) is 43.5 Å². The number of carbonyl (C=O) groups is 2. The number of hydrogen-bond donors (Lipinski definition) is 2. The topological polar surface area (TPSA) is 124 Å². The summed E-state index contributed by atoms with van der Waals surface area (Å²) in [6, 6.07) is 14.7. The number of hydrogen-bond acceptors (Lipinski definition) is 7. The van der Waals surface area contributed by atoms with Crippen LogP contribution in [-0.2, 0) is 4.79 Å². The molecular formula is C29H25FN6O3. The van der Waals surface area contributed by atoms with Crippen LogP contribution >= 0.6 is 0 Å². The largest absolute Gasteiger partial charge is 0.457 e. The summed E-state index contributed by atoms with van der Waals surface area (Å²) in [5.41, 5.74) is 0.399. The summed E-state index contributed by atoms with van der Waals surface area (Å²) in [6.07, 6.45) is 5.25. The number of para-hydroxylation sites is 1. The fourth-order valence-electron chi connectivity index (χ4n) is 4.64. The number of nitrogens with one attached hydrogen (secondary N) is 2. The van der Waals surface area contributed by atoms with Gasteiger partial charge in [-0.3, -0.25) is 9.59 Å². The van der Waals surface area contributed by atoms with Gasteiger partial charge in [0.1, 0.15) is 46.8 Å². The van der Waals surface area contributed by atoms with Gasteiger partial charge >= 0.3 is 0 Å². The van der Waals surface area contributed by atoms with Crippen LogP contribution in [0.1, 0.15) is 35.2 Å². The highest BCUT2D eigenvalue weighted by atomic mass is 19.1. The molecule has 10 heteroatoms. The van der Waals surface area contributed by atoms with Gasteiger partial charge in [0.2, 0.25) is 0 Å². The minimum atomic E-state index is -0.718. The summed E-state index contributed by atoms with van der Waals surface area (Å²) >= 11 is 0. The molecule has 1 aliphatic rings. The molecule has 0 spiro atoms. The third kappa shape index (κ3) is 5.48. The van der Waals surface area contributed by atoms with Crippen molar-refractivity contribution in [2.45, 2.75) is 25.3 Å². The van der Waals surface area contributed by atoms with Crippen LogP contribution in [0.2, 0.25) is 0 Å². The van der Waals surface area contributed by atoms with Crippen molar-refractivity contribution >= 4 is 28.5 Å². The van der Waals surface area contributed by atoms with Gasteiger partial charge in [-0.1, -0.05) is 24.8 Å². The maximum atomic E-state index is 15.1. The number of amides is 1. The number of ether oxygens (including phenoxy) is 1. The fraction of sp³-hybridized carbons (Fsp3) is 0.207. The van der Waals surface area contributed by atoms with Gasteiger partial charge in [-0.15, -0.1) is 0 Å². The summed E-state index contributed by atoms with van der Waals surface area (Å²) in [7, 11) is 0. The first kappa shape index (κ1) is 25.6. The smallest absolute Gasteiger partial charge is 0.263 e. The lowest BCUT2D eigenvalue weighted by atomic mass is 10.0. The molecule has 9 nitrogen and oxygen atoms in total. The number of aromatic nitrogens is 3. The first-order valence-corrected chi connectivity index (χ1v) is 12.5. The number of fused-ring (bicyclic) bond motifs is 1. The third-order valence-corrected chi connectivity index (χ3v) is 6.57. The van der Waals surface area contributed by atoms with Gasteiger partial charge in [0, 0.05) is 31.4 Å². The van der Waals surface area contributed by atoms with E-state index in [0.29, 0.717) is 35.7 Å². The Morgan fingerprint density at radius 3 is 2.72 bits per heavy atom. The van der Waals surface area contributed by atoms with Crippen molar-refractivity contribution in [1.29, 1.82) is 5.26 Å². The van der Waals surface area contributed by atoms with E-state index in [2.05, 4.69) is 26.8 Å². The van der Waals surface area contributed by atoms with E-state index in [9.17, 15) is 9.59 Å². The van der Waals surface area contributed by atoms with E-state index >= 15 is 4.39 Å². The lowest BCUT2D eigenvalue weighted by molar-refractivity contribution is -0.126. The van der Waals surface area contributed by atoms with Crippen LogP contribution in [0.4, 0.5) is 10.2 Å². The second-order valence-corrected chi connectivity index (χ2v) is 9.21. The quantitative estimate of drug-likeness (QED) is 0.198. The number of carbonyl (C=O) groups excluding carboxylic acids is 2. The second-order valence-electron chi connectivity index (χ2n) is 9.21. The Morgan fingerprint density at radius 2 is 1.95 bits per heavy atom. The molecule has 1 amide bonds. The fourth-order valence-corrected chi connectivity index (χ4v) is 4.64. The Morgan fingerprint density at radius 1 is 1.13 bits per heavy atom. The number of anilines is 1. The summed E-state index contributed by atoms with van der Waals surface area (Å²) in [4.78, 5) is 39.2. The zero-order chi connectivity index (χ0) is 27.4. The number of H-pyrrole nitrogens is 1. The molecule has 0 bridgehead atoms. The molecule has 1 fully saturated rings. The van der Waals surface area contributed by atoms with Crippen molar-refractivity contribution in [2.75, 3.05) is 18.4 Å². The molecule has 1 saturated heterocycles. The monoisotopic (exact) mass is 524 g/mol. The molecule has 39 heavy (non-hydrogen) atoms. The van der Waals surface area contributed by atoms with Crippen LogP contribution in [0, 0.1) is 17.1 Å². The predicted octanol–water partition coefficient (Wildman–Crippen LogP) is 4.99. The van der Waals surface area contributed by atoms with Gasteiger partial charge in [0.15, 0.2) is 5.78 Å². The minimum Gasteiger partial charge on any atom is -0.457 e. The highest BCUT2D eigenvalue weighted by molar-refractivity contribution is 6.18. The first-order valence-electron chi connectivity index (χ1n) is 12.5. The Balaban J connectivity index is 1.40. The number of likely N-dealkylation sites (tertiary alicyclic amines) is 1. The van der Waals surface area contributed by atoms with Crippen molar-refractivity contribution in [3.63, 3.8) is 0 Å². The molecule has 4 aromatic rings. The number of nitrogens with zero attached hydrogens (tertiary/aromatic N) is 4. The Hall–Kier alpha value is -5.04. The van der Waals surface area contributed by atoms with Crippen LogP contribution in [0.15, 0.2) is 73.2 Å². The number of rotatable bonds is 7. The average molecular weight is 525 g/mol. The molecular weight excluding hydrogens is 499 g/mol. The summed E-state index contributed by atoms with van der Waals surface area (Å²) in [5, 5.41) is 12.9. The molecule has 0 saturated carbocycles. The highest BCUT2D eigenvalue weighted by Crippen LogP contribution is 2.29.